The number of morpholine rings is 1. The Morgan fingerprint density at radius 3 is 2.95 bits per heavy atom. The molecule has 7 heteroatoms. The van der Waals surface area contributed by atoms with Gasteiger partial charge in [-0.25, -0.2) is 4.98 Å². The van der Waals surface area contributed by atoms with Gasteiger partial charge in [0.15, 0.2) is 0 Å². The molecule has 0 saturated carbocycles. The molecule has 1 fully saturated rings. The number of nitrogens with one attached hydrogen (secondary N) is 1. The van der Waals surface area contributed by atoms with Gasteiger partial charge in [-0.15, -0.1) is 12.4 Å². The van der Waals surface area contributed by atoms with Crippen LogP contribution in [-0.4, -0.2) is 42.7 Å². The van der Waals surface area contributed by atoms with E-state index < -0.39 is 6.04 Å². The van der Waals surface area contributed by atoms with E-state index in [2.05, 4.69) is 22.1 Å². The first-order chi connectivity index (χ1) is 9.56. The van der Waals surface area contributed by atoms with Crippen LogP contribution in [0.25, 0.3) is 0 Å². The van der Waals surface area contributed by atoms with Crippen LogP contribution in [0.2, 0.25) is 0 Å². The number of ether oxygens (including phenoxy) is 1. The third kappa shape index (κ3) is 5.15. The maximum atomic E-state index is 11.4. The molecule has 2 unspecified atom stereocenters. The van der Waals surface area contributed by atoms with Crippen LogP contribution in [0.15, 0.2) is 18.3 Å². The summed E-state index contributed by atoms with van der Waals surface area (Å²) in [6, 6.07) is 3.46. The van der Waals surface area contributed by atoms with Gasteiger partial charge in [0.25, 0.3) is 0 Å². The van der Waals surface area contributed by atoms with E-state index in [1.54, 1.807) is 13.1 Å². The summed E-state index contributed by atoms with van der Waals surface area (Å²) in [5, 5.41) is 2.77. The Hall–Kier alpha value is -1.37. The second kappa shape index (κ2) is 8.17. The highest BCUT2D eigenvalue weighted by atomic mass is 35.5. The lowest BCUT2D eigenvalue weighted by Crippen LogP contribution is -2.41. The zero-order valence-electron chi connectivity index (χ0n) is 12.4. The summed E-state index contributed by atoms with van der Waals surface area (Å²) in [5.41, 5.74) is 6.45. The van der Waals surface area contributed by atoms with Crippen molar-refractivity contribution >= 4 is 24.1 Å². The molecule has 6 nitrogen and oxygen atoms in total. The summed E-state index contributed by atoms with van der Waals surface area (Å²) in [6.45, 7) is 6.62. The lowest BCUT2D eigenvalue weighted by atomic mass is 10.2. The third-order valence-corrected chi connectivity index (χ3v) is 3.25. The van der Waals surface area contributed by atoms with Crippen molar-refractivity contribution in [3.05, 3.63) is 23.9 Å². The number of hydrogen-bond acceptors (Lipinski definition) is 5. The van der Waals surface area contributed by atoms with Crippen LogP contribution in [-0.2, 0) is 16.1 Å². The number of nitrogens with zero attached hydrogens (tertiary/aromatic N) is 2. The molecule has 118 valence electrons. The van der Waals surface area contributed by atoms with Gasteiger partial charge < -0.3 is 20.7 Å². The lowest BCUT2D eigenvalue weighted by molar-refractivity contribution is -0.122. The maximum absolute atomic E-state index is 11.4. The predicted molar refractivity (Wildman–Crippen MR) is 84.6 cm³/mol. The molecule has 0 bridgehead atoms. The molecule has 1 saturated heterocycles. The van der Waals surface area contributed by atoms with Gasteiger partial charge >= 0.3 is 0 Å². The standard InChI is InChI=1S/C14H22N4O2.ClH/c1-10-9-18(5-6-20-10)13-4-3-12(7-16-13)8-17-14(19)11(2)15;/h3-4,7,10-11H,5-6,8-9,15H2,1-2H3,(H,17,19);1H. The normalized spacial score (nSPS) is 19.6. The van der Waals surface area contributed by atoms with Crippen LogP contribution in [0.1, 0.15) is 19.4 Å². The van der Waals surface area contributed by atoms with Gasteiger partial charge in [-0.05, 0) is 25.5 Å². The molecule has 0 radical (unpaired) electrons. The Kier molecular flexibility index (Phi) is 6.87. The molecule has 1 amide bonds. The van der Waals surface area contributed by atoms with Gasteiger partial charge in [0.1, 0.15) is 5.82 Å². The summed E-state index contributed by atoms with van der Waals surface area (Å²) >= 11 is 0. The summed E-state index contributed by atoms with van der Waals surface area (Å²) in [6.07, 6.45) is 2.02. The molecule has 1 aliphatic rings. The number of halogens is 1. The average molecular weight is 315 g/mol. The van der Waals surface area contributed by atoms with E-state index in [4.69, 9.17) is 10.5 Å². The van der Waals surface area contributed by atoms with E-state index >= 15 is 0 Å². The number of carbonyl (C=O) groups is 1. The molecule has 2 atom stereocenters. The van der Waals surface area contributed by atoms with E-state index in [1.165, 1.54) is 0 Å². The number of carbonyl (C=O) groups excluding carboxylic acids is 1. The van der Waals surface area contributed by atoms with Gasteiger partial charge in [0.2, 0.25) is 5.91 Å². The highest BCUT2D eigenvalue weighted by Gasteiger charge is 2.17. The molecular weight excluding hydrogens is 292 g/mol. The Balaban J connectivity index is 0.00000220. The molecule has 0 aromatic carbocycles. The number of pyridine rings is 1. The number of anilines is 1. The zero-order valence-corrected chi connectivity index (χ0v) is 13.2. The maximum Gasteiger partial charge on any atom is 0.236 e. The molecule has 1 aromatic heterocycles. The quantitative estimate of drug-likeness (QED) is 0.855. The van der Waals surface area contributed by atoms with Gasteiger partial charge in [-0.3, -0.25) is 4.79 Å². The molecule has 0 aliphatic carbocycles. The van der Waals surface area contributed by atoms with Crippen molar-refractivity contribution in [3.8, 4) is 0 Å². The minimum atomic E-state index is -0.489. The molecule has 1 aromatic rings. The lowest BCUT2D eigenvalue weighted by Gasteiger charge is -2.32. The van der Waals surface area contributed by atoms with Crippen molar-refractivity contribution in [2.75, 3.05) is 24.6 Å². The van der Waals surface area contributed by atoms with Crippen LogP contribution in [0.3, 0.4) is 0 Å². The Morgan fingerprint density at radius 2 is 2.38 bits per heavy atom. The predicted octanol–water partition coefficient (Wildman–Crippen LogP) is 0.692. The van der Waals surface area contributed by atoms with Crippen LogP contribution >= 0.6 is 12.4 Å². The Morgan fingerprint density at radius 1 is 1.62 bits per heavy atom. The van der Waals surface area contributed by atoms with Crippen LogP contribution in [0.4, 0.5) is 5.82 Å². The summed E-state index contributed by atoms with van der Waals surface area (Å²) < 4.78 is 5.51. The minimum absolute atomic E-state index is 0. The highest BCUT2D eigenvalue weighted by molar-refractivity contribution is 5.85. The topological polar surface area (TPSA) is 80.5 Å². The number of hydrogen-bond donors (Lipinski definition) is 2. The monoisotopic (exact) mass is 314 g/mol. The number of amides is 1. The van der Waals surface area contributed by atoms with Crippen molar-refractivity contribution in [1.29, 1.82) is 0 Å². The first-order valence-corrected chi connectivity index (χ1v) is 6.91. The molecule has 2 rings (SSSR count). The molecular formula is C14H23ClN4O2. The summed E-state index contributed by atoms with van der Waals surface area (Å²) in [7, 11) is 0. The fourth-order valence-electron chi connectivity index (χ4n) is 2.08. The zero-order chi connectivity index (χ0) is 14.5. The smallest absolute Gasteiger partial charge is 0.236 e. The molecule has 3 N–H and O–H groups in total. The Labute approximate surface area is 131 Å². The van der Waals surface area contributed by atoms with Crippen LogP contribution in [0, 0.1) is 0 Å². The highest BCUT2D eigenvalue weighted by Crippen LogP contribution is 2.15. The summed E-state index contributed by atoms with van der Waals surface area (Å²) in [4.78, 5) is 18.0. The van der Waals surface area contributed by atoms with Crippen molar-refractivity contribution in [2.45, 2.75) is 32.5 Å². The molecule has 1 aliphatic heterocycles. The SMILES string of the molecule is CC1CN(c2ccc(CNC(=O)C(C)N)cn2)CCO1.Cl. The first kappa shape index (κ1) is 17.7. The van der Waals surface area contributed by atoms with Crippen LogP contribution in [0.5, 0.6) is 0 Å². The second-order valence-electron chi connectivity index (χ2n) is 5.16. The fraction of sp³-hybridized carbons (Fsp3) is 0.571. The fourth-order valence-corrected chi connectivity index (χ4v) is 2.08. The first-order valence-electron chi connectivity index (χ1n) is 6.91. The van der Waals surface area contributed by atoms with Crippen molar-refractivity contribution in [3.63, 3.8) is 0 Å². The molecule has 0 spiro atoms. The van der Waals surface area contributed by atoms with E-state index in [9.17, 15) is 4.79 Å². The van der Waals surface area contributed by atoms with Crippen molar-refractivity contribution in [1.82, 2.24) is 10.3 Å². The number of nitrogens with two attached hydrogens (primary N) is 1. The van der Waals surface area contributed by atoms with Gasteiger partial charge in [0, 0.05) is 25.8 Å². The van der Waals surface area contributed by atoms with Gasteiger partial charge in [0.05, 0.1) is 18.8 Å². The largest absolute Gasteiger partial charge is 0.375 e. The van der Waals surface area contributed by atoms with Crippen molar-refractivity contribution in [2.24, 2.45) is 5.73 Å². The minimum Gasteiger partial charge on any atom is -0.375 e. The third-order valence-electron chi connectivity index (χ3n) is 3.25. The average Bonchev–Trinajstić information content (AvgIpc) is 2.45. The molecule has 21 heavy (non-hydrogen) atoms. The van der Waals surface area contributed by atoms with Crippen LogP contribution < -0.4 is 16.0 Å². The van der Waals surface area contributed by atoms with Crippen molar-refractivity contribution < 1.29 is 9.53 Å². The Bertz CT molecular complexity index is 453. The van der Waals surface area contributed by atoms with E-state index in [1.807, 2.05) is 12.1 Å². The molecule has 2 heterocycles. The van der Waals surface area contributed by atoms with Gasteiger partial charge in [-0.2, -0.15) is 0 Å². The number of aromatic nitrogens is 1. The van der Waals surface area contributed by atoms with E-state index in [0.717, 1.165) is 31.1 Å². The van der Waals surface area contributed by atoms with E-state index in [-0.39, 0.29) is 24.4 Å². The van der Waals surface area contributed by atoms with E-state index in [0.29, 0.717) is 6.54 Å². The van der Waals surface area contributed by atoms with Gasteiger partial charge in [-0.1, -0.05) is 6.07 Å². The second-order valence-corrected chi connectivity index (χ2v) is 5.16. The number of rotatable bonds is 4. The summed E-state index contributed by atoms with van der Waals surface area (Å²) in [5.74, 6) is 0.790.